The number of likely N-dealkylation sites (tertiary alicyclic amines) is 1. The van der Waals surface area contributed by atoms with Gasteiger partial charge in [0.25, 0.3) is 5.89 Å². The molecule has 10 nitrogen and oxygen atoms in total. The van der Waals surface area contributed by atoms with E-state index in [1.807, 2.05) is 18.2 Å². The summed E-state index contributed by atoms with van der Waals surface area (Å²) in [5.41, 5.74) is 1.38. The first-order valence-corrected chi connectivity index (χ1v) is 11.0. The van der Waals surface area contributed by atoms with E-state index in [0.29, 0.717) is 48.6 Å². The number of hydrogen-bond acceptors (Lipinski definition) is 8. The Bertz CT molecular complexity index is 1170. The number of esters is 1. The van der Waals surface area contributed by atoms with Gasteiger partial charge in [-0.2, -0.15) is 4.98 Å². The van der Waals surface area contributed by atoms with Gasteiger partial charge in [-0.15, -0.1) is 0 Å². The fraction of sp³-hybridized carbons (Fsp3) is 0.391. The fourth-order valence-corrected chi connectivity index (χ4v) is 4.13. The molecule has 0 spiro atoms. The monoisotopic (exact) mass is 452 g/mol. The molecule has 5 rings (SSSR count). The number of benzene rings is 1. The third kappa shape index (κ3) is 4.28. The van der Waals surface area contributed by atoms with Crippen molar-refractivity contribution in [2.45, 2.75) is 26.3 Å². The minimum Gasteiger partial charge on any atom is -0.466 e. The van der Waals surface area contributed by atoms with Crippen molar-refractivity contribution in [3.8, 4) is 34.5 Å². The third-order valence-corrected chi connectivity index (χ3v) is 5.81. The first-order chi connectivity index (χ1) is 16.1. The van der Waals surface area contributed by atoms with Crippen LogP contribution in [0.1, 0.15) is 19.8 Å². The first kappa shape index (κ1) is 21.0. The number of aromatic nitrogens is 3. The number of amides is 1. The number of hydrogen-bond donors (Lipinski definition) is 0. The lowest BCUT2D eigenvalue weighted by Gasteiger charge is -2.31. The van der Waals surface area contributed by atoms with Gasteiger partial charge in [0.2, 0.25) is 18.5 Å². The summed E-state index contributed by atoms with van der Waals surface area (Å²) in [6.07, 6.45) is 3.31. The van der Waals surface area contributed by atoms with Crippen LogP contribution in [0.25, 0.3) is 23.0 Å². The molecule has 3 aromatic rings. The van der Waals surface area contributed by atoms with E-state index >= 15 is 0 Å². The van der Waals surface area contributed by atoms with E-state index < -0.39 is 0 Å². The Morgan fingerprint density at radius 1 is 1.21 bits per heavy atom. The summed E-state index contributed by atoms with van der Waals surface area (Å²) in [6.45, 7) is 3.43. The van der Waals surface area contributed by atoms with E-state index in [0.717, 1.165) is 18.4 Å². The predicted octanol–water partition coefficient (Wildman–Crippen LogP) is 2.74. The van der Waals surface area contributed by atoms with Gasteiger partial charge in [-0.25, -0.2) is 0 Å². The van der Waals surface area contributed by atoms with E-state index in [4.69, 9.17) is 18.7 Å². The summed E-state index contributed by atoms with van der Waals surface area (Å²) in [7, 11) is 0. The van der Waals surface area contributed by atoms with Crippen LogP contribution in [0.4, 0.5) is 0 Å². The maximum Gasteiger partial charge on any atom is 0.310 e. The van der Waals surface area contributed by atoms with E-state index in [1.165, 1.54) is 0 Å². The second-order valence-corrected chi connectivity index (χ2v) is 7.94. The van der Waals surface area contributed by atoms with Crippen molar-refractivity contribution in [3.05, 3.63) is 36.5 Å². The van der Waals surface area contributed by atoms with Crippen LogP contribution in [-0.4, -0.2) is 58.0 Å². The van der Waals surface area contributed by atoms with Gasteiger partial charge in [0.1, 0.15) is 12.2 Å². The number of piperidine rings is 1. The summed E-state index contributed by atoms with van der Waals surface area (Å²) in [5, 5.41) is 4.08. The van der Waals surface area contributed by atoms with Crippen LogP contribution in [0, 0.1) is 5.92 Å². The third-order valence-electron chi connectivity index (χ3n) is 5.81. The lowest BCUT2D eigenvalue weighted by molar-refractivity contribution is -0.151. The second kappa shape index (κ2) is 8.97. The molecule has 0 saturated carbocycles. The fourth-order valence-electron chi connectivity index (χ4n) is 4.13. The van der Waals surface area contributed by atoms with Crippen LogP contribution in [0.5, 0.6) is 11.5 Å². The summed E-state index contributed by atoms with van der Waals surface area (Å²) in [4.78, 5) is 31.3. The molecule has 2 aliphatic heterocycles. The minimum atomic E-state index is -0.271. The summed E-state index contributed by atoms with van der Waals surface area (Å²) >= 11 is 0. The Kier molecular flexibility index (Phi) is 5.72. The largest absolute Gasteiger partial charge is 0.466 e. The Labute approximate surface area is 190 Å². The Balaban J connectivity index is 1.29. The zero-order valence-electron chi connectivity index (χ0n) is 18.2. The van der Waals surface area contributed by atoms with Crippen molar-refractivity contribution < 1.29 is 28.3 Å². The Hall–Kier alpha value is -3.82. The predicted molar refractivity (Wildman–Crippen MR) is 115 cm³/mol. The molecule has 2 aromatic heterocycles. The van der Waals surface area contributed by atoms with Crippen molar-refractivity contribution in [2.75, 3.05) is 26.5 Å². The number of rotatable bonds is 6. The lowest BCUT2D eigenvalue weighted by Crippen LogP contribution is -2.44. The van der Waals surface area contributed by atoms with Crippen molar-refractivity contribution in [3.63, 3.8) is 0 Å². The van der Waals surface area contributed by atoms with Gasteiger partial charge in [0, 0.05) is 24.8 Å². The second-order valence-electron chi connectivity index (χ2n) is 7.94. The molecule has 0 N–H and O–H groups in total. The number of carbonyl (C=O) groups is 2. The molecule has 0 bridgehead atoms. The number of nitrogens with zero attached hydrogens (tertiary/aromatic N) is 4. The highest BCUT2D eigenvalue weighted by Crippen LogP contribution is 2.35. The quantitative estimate of drug-likeness (QED) is 0.525. The minimum absolute atomic E-state index is 0.0723. The van der Waals surface area contributed by atoms with Crippen LogP contribution < -0.4 is 9.47 Å². The zero-order valence-corrected chi connectivity index (χ0v) is 18.2. The van der Waals surface area contributed by atoms with E-state index in [2.05, 4.69) is 10.1 Å². The standard InChI is InChI=1S/C23H24N4O6/c1-2-30-23(29)16-5-3-10-27(12-16)20(28)13-26-9-4-6-17(26)22-24-21(25-33-22)15-7-8-18-19(11-15)32-14-31-18/h4,6-9,11,16H,2-3,5,10,12-14H2,1H3/t16-/m0/s1. The molecular weight excluding hydrogens is 428 g/mol. The van der Waals surface area contributed by atoms with E-state index in [1.54, 1.807) is 34.7 Å². The molecule has 0 radical (unpaired) electrons. The van der Waals surface area contributed by atoms with Crippen molar-refractivity contribution in [2.24, 2.45) is 5.92 Å². The van der Waals surface area contributed by atoms with E-state index in [9.17, 15) is 9.59 Å². The van der Waals surface area contributed by atoms with Crippen molar-refractivity contribution in [1.29, 1.82) is 0 Å². The van der Waals surface area contributed by atoms with Crippen LogP contribution in [0.15, 0.2) is 41.1 Å². The molecular formula is C23H24N4O6. The molecule has 172 valence electrons. The van der Waals surface area contributed by atoms with Crippen LogP contribution >= 0.6 is 0 Å². The molecule has 0 unspecified atom stereocenters. The molecule has 1 atom stereocenters. The number of fused-ring (bicyclic) bond motifs is 1. The first-order valence-electron chi connectivity index (χ1n) is 11.0. The average molecular weight is 452 g/mol. The molecule has 2 aliphatic rings. The maximum atomic E-state index is 13.0. The molecule has 1 saturated heterocycles. The van der Waals surface area contributed by atoms with Gasteiger partial charge >= 0.3 is 5.97 Å². The SMILES string of the molecule is CCOC(=O)[C@H]1CCCN(C(=O)Cn2cccc2-c2nc(-c3ccc4c(c3)OCO4)no2)C1. The van der Waals surface area contributed by atoms with Gasteiger partial charge in [-0.1, -0.05) is 5.16 Å². The molecule has 1 aromatic carbocycles. The highest BCUT2D eigenvalue weighted by Gasteiger charge is 2.29. The number of ether oxygens (including phenoxy) is 3. The zero-order chi connectivity index (χ0) is 22.8. The highest BCUT2D eigenvalue weighted by atomic mass is 16.7. The maximum absolute atomic E-state index is 13.0. The average Bonchev–Trinajstić information content (AvgIpc) is 3.59. The highest BCUT2D eigenvalue weighted by molar-refractivity contribution is 5.79. The topological polar surface area (TPSA) is 109 Å². The van der Waals surface area contributed by atoms with Gasteiger partial charge in [-0.05, 0) is 50.1 Å². The Morgan fingerprint density at radius 3 is 2.97 bits per heavy atom. The van der Waals surface area contributed by atoms with Crippen molar-refractivity contribution in [1.82, 2.24) is 19.6 Å². The molecule has 4 heterocycles. The van der Waals surface area contributed by atoms with Crippen LogP contribution in [0.2, 0.25) is 0 Å². The lowest BCUT2D eigenvalue weighted by atomic mass is 9.98. The van der Waals surface area contributed by atoms with Gasteiger partial charge in [0.15, 0.2) is 11.5 Å². The smallest absolute Gasteiger partial charge is 0.310 e. The Morgan fingerprint density at radius 2 is 2.09 bits per heavy atom. The van der Waals surface area contributed by atoms with Gasteiger partial charge in [0.05, 0.1) is 12.5 Å². The summed E-state index contributed by atoms with van der Waals surface area (Å²) in [6, 6.07) is 9.08. The van der Waals surface area contributed by atoms with Crippen LogP contribution in [-0.2, 0) is 20.9 Å². The molecule has 10 heteroatoms. The van der Waals surface area contributed by atoms with Gasteiger partial charge in [-0.3, -0.25) is 9.59 Å². The molecule has 1 fully saturated rings. The molecule has 33 heavy (non-hydrogen) atoms. The molecule has 1 amide bonds. The van der Waals surface area contributed by atoms with Crippen LogP contribution in [0.3, 0.4) is 0 Å². The molecule has 0 aliphatic carbocycles. The summed E-state index contributed by atoms with van der Waals surface area (Å²) in [5.74, 6) is 1.45. The number of carbonyl (C=O) groups excluding carboxylic acids is 2. The normalized spacial score (nSPS) is 17.2. The van der Waals surface area contributed by atoms with Gasteiger partial charge < -0.3 is 28.2 Å². The van der Waals surface area contributed by atoms with Crippen molar-refractivity contribution >= 4 is 11.9 Å². The van der Waals surface area contributed by atoms with E-state index in [-0.39, 0.29) is 31.1 Å². The summed E-state index contributed by atoms with van der Waals surface area (Å²) < 4.78 is 23.1.